The van der Waals surface area contributed by atoms with Crippen molar-refractivity contribution in [2.24, 2.45) is 0 Å². The van der Waals surface area contributed by atoms with Gasteiger partial charge in [-0.2, -0.15) is 0 Å². The summed E-state index contributed by atoms with van der Waals surface area (Å²) in [4.78, 5) is 11.6. The number of nitrogens with one attached hydrogen (secondary N) is 1. The summed E-state index contributed by atoms with van der Waals surface area (Å²) in [5.41, 5.74) is 0.727. The van der Waals surface area contributed by atoms with E-state index in [1.165, 1.54) is 36.6 Å². The standard InChI is InChI=1S/C14H10N2O5S2/c17-14(18)9-2-1-3-10(8-9)16-23(19,20)13-5-4-12(22-13)11-6-7-21-15-11/h1-8,16H,(H,17,18). The predicted octanol–water partition coefficient (Wildman–Crippen LogP) is 2.90. The molecule has 0 aliphatic rings. The number of sulfonamides is 1. The number of rotatable bonds is 5. The van der Waals surface area contributed by atoms with Crippen LogP contribution in [0.4, 0.5) is 5.69 Å². The van der Waals surface area contributed by atoms with E-state index >= 15 is 0 Å². The smallest absolute Gasteiger partial charge is 0.335 e. The van der Waals surface area contributed by atoms with E-state index in [1.807, 2.05) is 0 Å². The first-order valence-corrected chi connectivity index (χ1v) is 8.62. The third kappa shape index (κ3) is 3.25. The van der Waals surface area contributed by atoms with Crippen LogP contribution in [0, 0.1) is 0 Å². The van der Waals surface area contributed by atoms with E-state index in [2.05, 4.69) is 9.88 Å². The Labute approximate surface area is 135 Å². The molecule has 2 N–H and O–H groups in total. The van der Waals surface area contributed by atoms with Crippen LogP contribution < -0.4 is 4.72 Å². The highest BCUT2D eigenvalue weighted by atomic mass is 32.2. The lowest BCUT2D eigenvalue weighted by molar-refractivity contribution is 0.0697. The number of carboxylic acid groups (broad SMARTS) is 1. The number of carboxylic acids is 1. The summed E-state index contributed by atoms with van der Waals surface area (Å²) in [6.45, 7) is 0. The van der Waals surface area contributed by atoms with Gasteiger partial charge in [0.05, 0.1) is 10.4 Å². The summed E-state index contributed by atoms with van der Waals surface area (Å²) >= 11 is 1.04. The summed E-state index contributed by atoms with van der Waals surface area (Å²) in [7, 11) is -3.81. The Morgan fingerprint density at radius 2 is 2.04 bits per heavy atom. The maximum Gasteiger partial charge on any atom is 0.335 e. The molecule has 1 aromatic carbocycles. The molecule has 0 unspecified atom stereocenters. The molecule has 2 heterocycles. The molecule has 0 spiro atoms. The van der Waals surface area contributed by atoms with Gasteiger partial charge in [-0.05, 0) is 30.3 Å². The normalized spacial score (nSPS) is 11.3. The molecule has 3 rings (SSSR count). The van der Waals surface area contributed by atoms with E-state index in [9.17, 15) is 13.2 Å². The second-order valence-electron chi connectivity index (χ2n) is 4.49. The van der Waals surface area contributed by atoms with Gasteiger partial charge in [0.25, 0.3) is 10.0 Å². The third-order valence-corrected chi connectivity index (χ3v) is 5.88. The number of thiophene rings is 1. The minimum Gasteiger partial charge on any atom is -0.478 e. The van der Waals surface area contributed by atoms with Crippen molar-refractivity contribution < 1.29 is 22.8 Å². The van der Waals surface area contributed by atoms with E-state index in [0.717, 1.165) is 11.3 Å². The molecule has 0 saturated heterocycles. The Kier molecular flexibility index (Phi) is 3.89. The molecule has 3 aromatic rings. The summed E-state index contributed by atoms with van der Waals surface area (Å²) in [5.74, 6) is -1.13. The van der Waals surface area contributed by atoms with E-state index < -0.39 is 16.0 Å². The molecule has 0 bridgehead atoms. The average molecular weight is 350 g/mol. The van der Waals surface area contributed by atoms with Crippen LogP contribution in [-0.2, 0) is 10.0 Å². The van der Waals surface area contributed by atoms with Crippen LogP contribution in [0.3, 0.4) is 0 Å². The molecule has 0 radical (unpaired) electrons. The molecule has 9 heteroatoms. The highest BCUT2D eigenvalue weighted by Crippen LogP contribution is 2.30. The minimum atomic E-state index is -3.81. The summed E-state index contributed by atoms with van der Waals surface area (Å²) in [5, 5.41) is 12.7. The van der Waals surface area contributed by atoms with Crippen molar-refractivity contribution in [2.45, 2.75) is 4.21 Å². The number of anilines is 1. The fourth-order valence-electron chi connectivity index (χ4n) is 1.86. The van der Waals surface area contributed by atoms with Gasteiger partial charge in [0, 0.05) is 11.8 Å². The lowest BCUT2D eigenvalue weighted by atomic mass is 10.2. The molecule has 0 saturated carbocycles. The van der Waals surface area contributed by atoms with E-state index in [0.29, 0.717) is 10.6 Å². The Balaban J connectivity index is 1.87. The van der Waals surface area contributed by atoms with Gasteiger partial charge in [0.1, 0.15) is 16.2 Å². The molecule has 0 atom stereocenters. The molecule has 7 nitrogen and oxygen atoms in total. The zero-order chi connectivity index (χ0) is 16.4. The molecule has 0 aliphatic heterocycles. The van der Waals surface area contributed by atoms with Crippen molar-refractivity contribution >= 4 is 33.0 Å². The molecule has 23 heavy (non-hydrogen) atoms. The molecule has 2 aromatic heterocycles. The first-order chi connectivity index (χ1) is 11.0. The predicted molar refractivity (Wildman–Crippen MR) is 84.0 cm³/mol. The number of aromatic nitrogens is 1. The lowest BCUT2D eigenvalue weighted by Crippen LogP contribution is -2.11. The van der Waals surface area contributed by atoms with Crippen LogP contribution in [0.1, 0.15) is 10.4 Å². The molecule has 118 valence electrons. The molecule has 0 amide bonds. The highest BCUT2D eigenvalue weighted by Gasteiger charge is 2.19. The van der Waals surface area contributed by atoms with E-state index in [-0.39, 0.29) is 15.5 Å². The van der Waals surface area contributed by atoms with Crippen LogP contribution in [0.2, 0.25) is 0 Å². The zero-order valence-corrected chi connectivity index (χ0v) is 13.1. The molecule has 0 aliphatic carbocycles. The number of nitrogens with zero attached hydrogens (tertiary/aromatic N) is 1. The Morgan fingerprint density at radius 1 is 1.22 bits per heavy atom. The van der Waals surface area contributed by atoms with E-state index in [1.54, 1.807) is 12.1 Å². The van der Waals surface area contributed by atoms with Gasteiger partial charge in [0.15, 0.2) is 0 Å². The van der Waals surface area contributed by atoms with Crippen LogP contribution in [0.15, 0.2) is 57.5 Å². The Bertz CT molecular complexity index is 945. The van der Waals surface area contributed by atoms with Crippen LogP contribution in [0.5, 0.6) is 0 Å². The third-order valence-electron chi connectivity index (χ3n) is 2.90. The van der Waals surface area contributed by atoms with Crippen molar-refractivity contribution in [1.29, 1.82) is 0 Å². The molecular weight excluding hydrogens is 340 g/mol. The van der Waals surface area contributed by atoms with Gasteiger partial charge in [-0.15, -0.1) is 11.3 Å². The zero-order valence-electron chi connectivity index (χ0n) is 11.5. The maximum atomic E-state index is 12.4. The van der Waals surface area contributed by atoms with Gasteiger partial charge in [-0.25, -0.2) is 13.2 Å². The second-order valence-corrected chi connectivity index (χ2v) is 7.49. The van der Waals surface area contributed by atoms with Gasteiger partial charge >= 0.3 is 5.97 Å². The Hall–Kier alpha value is -2.65. The molecule has 0 fully saturated rings. The monoisotopic (exact) mass is 350 g/mol. The van der Waals surface area contributed by atoms with Gasteiger partial charge in [0.2, 0.25) is 0 Å². The van der Waals surface area contributed by atoms with Crippen molar-refractivity contribution in [1.82, 2.24) is 5.16 Å². The summed E-state index contributed by atoms with van der Waals surface area (Å²) in [6, 6.07) is 10.3. The fourth-order valence-corrected chi connectivity index (χ4v) is 4.18. The van der Waals surface area contributed by atoms with E-state index in [4.69, 9.17) is 9.63 Å². The van der Waals surface area contributed by atoms with Crippen LogP contribution >= 0.6 is 11.3 Å². The quantitative estimate of drug-likeness (QED) is 0.732. The van der Waals surface area contributed by atoms with Gasteiger partial charge in [-0.3, -0.25) is 4.72 Å². The van der Waals surface area contributed by atoms with Crippen molar-refractivity contribution in [3.05, 3.63) is 54.3 Å². The van der Waals surface area contributed by atoms with Gasteiger partial charge in [-0.1, -0.05) is 11.2 Å². The van der Waals surface area contributed by atoms with Crippen molar-refractivity contribution in [3.8, 4) is 10.6 Å². The topological polar surface area (TPSA) is 110 Å². The number of benzene rings is 1. The fraction of sp³-hybridized carbons (Fsp3) is 0. The highest BCUT2D eigenvalue weighted by molar-refractivity contribution is 7.94. The van der Waals surface area contributed by atoms with Crippen LogP contribution in [-0.4, -0.2) is 24.7 Å². The molecular formula is C14H10N2O5S2. The lowest BCUT2D eigenvalue weighted by Gasteiger charge is -2.06. The maximum absolute atomic E-state index is 12.4. The average Bonchev–Trinajstić information content (AvgIpc) is 3.18. The Morgan fingerprint density at radius 3 is 2.74 bits per heavy atom. The van der Waals surface area contributed by atoms with Gasteiger partial charge < -0.3 is 9.63 Å². The number of carbonyl (C=O) groups is 1. The van der Waals surface area contributed by atoms with Crippen LogP contribution in [0.25, 0.3) is 10.6 Å². The summed E-state index contributed by atoms with van der Waals surface area (Å²) < 4.78 is 31.9. The second kappa shape index (κ2) is 5.86. The largest absolute Gasteiger partial charge is 0.478 e. The first-order valence-electron chi connectivity index (χ1n) is 6.32. The number of hydrogen-bond donors (Lipinski definition) is 2. The number of hydrogen-bond acceptors (Lipinski definition) is 6. The minimum absolute atomic E-state index is 0.000309. The first kappa shape index (κ1) is 15.3. The number of aromatic carboxylic acids is 1. The van der Waals surface area contributed by atoms with Crippen molar-refractivity contribution in [3.63, 3.8) is 0 Å². The van der Waals surface area contributed by atoms with Crippen molar-refractivity contribution in [2.75, 3.05) is 4.72 Å². The summed E-state index contributed by atoms with van der Waals surface area (Å²) in [6.07, 6.45) is 1.40. The SMILES string of the molecule is O=C(O)c1cccc(NS(=O)(=O)c2ccc(-c3ccon3)s2)c1.